The average Bonchev–Trinajstić information content (AvgIpc) is 2.30. The molecule has 2 N–H and O–H groups in total. The van der Waals surface area contributed by atoms with E-state index in [0.29, 0.717) is 11.3 Å². The number of alkyl halides is 3. The van der Waals surface area contributed by atoms with E-state index >= 15 is 0 Å². The second-order valence-electron chi connectivity index (χ2n) is 2.17. The Balaban J connectivity index is 3.13. The maximum absolute atomic E-state index is 12.2. The van der Waals surface area contributed by atoms with Crippen molar-refractivity contribution >= 4 is 29.0 Å². The SMILES string of the molecule is NC(=O)Oc1c(C(F)(F)F)csc1Cl. The molecule has 0 fully saturated rings. The highest BCUT2D eigenvalue weighted by Crippen LogP contribution is 2.44. The number of hydrogen-bond acceptors (Lipinski definition) is 3. The van der Waals surface area contributed by atoms with Crippen LogP contribution in [-0.4, -0.2) is 6.09 Å². The van der Waals surface area contributed by atoms with Gasteiger partial charge in [0.1, 0.15) is 9.90 Å². The number of amides is 1. The summed E-state index contributed by atoms with van der Waals surface area (Å²) < 4.78 is 40.6. The minimum absolute atomic E-state index is 0.267. The van der Waals surface area contributed by atoms with Gasteiger partial charge in [0.05, 0.1) is 0 Å². The summed E-state index contributed by atoms with van der Waals surface area (Å²) in [5, 5.41) is 0.751. The molecule has 0 unspecified atom stereocenters. The molecule has 0 atom stereocenters. The summed E-state index contributed by atoms with van der Waals surface area (Å²) in [6, 6.07) is 0. The summed E-state index contributed by atoms with van der Waals surface area (Å²) in [7, 11) is 0. The predicted octanol–water partition coefficient (Wildman–Crippen LogP) is 2.88. The van der Waals surface area contributed by atoms with Crippen molar-refractivity contribution < 1.29 is 22.7 Å². The van der Waals surface area contributed by atoms with Crippen molar-refractivity contribution in [3.8, 4) is 5.75 Å². The Morgan fingerprint density at radius 2 is 2.14 bits per heavy atom. The van der Waals surface area contributed by atoms with Gasteiger partial charge in [-0.05, 0) is 0 Å². The first kappa shape index (κ1) is 11.1. The molecule has 78 valence electrons. The predicted molar refractivity (Wildman–Crippen MR) is 44.5 cm³/mol. The molecule has 0 saturated heterocycles. The lowest BCUT2D eigenvalue weighted by atomic mass is 10.3. The van der Waals surface area contributed by atoms with E-state index in [-0.39, 0.29) is 4.34 Å². The standard InChI is InChI=1S/C6H3ClF3NO2S/c7-4-3(13-5(11)12)2(1-14-4)6(8,9)10/h1H,(H2,11,12). The molecule has 0 saturated carbocycles. The highest BCUT2D eigenvalue weighted by atomic mass is 35.5. The number of hydrogen-bond donors (Lipinski definition) is 1. The van der Waals surface area contributed by atoms with Crippen molar-refractivity contribution in [2.45, 2.75) is 6.18 Å². The Bertz CT molecular complexity index is 362. The van der Waals surface area contributed by atoms with Gasteiger partial charge < -0.3 is 10.5 Å². The van der Waals surface area contributed by atoms with E-state index in [9.17, 15) is 18.0 Å². The molecule has 1 aromatic rings. The van der Waals surface area contributed by atoms with Gasteiger partial charge in [-0.1, -0.05) is 11.6 Å². The van der Waals surface area contributed by atoms with Crippen LogP contribution in [-0.2, 0) is 6.18 Å². The summed E-state index contributed by atoms with van der Waals surface area (Å²) in [6.45, 7) is 0. The quantitative estimate of drug-likeness (QED) is 0.827. The average molecular weight is 246 g/mol. The van der Waals surface area contributed by atoms with Crippen molar-refractivity contribution in [3.05, 3.63) is 15.3 Å². The number of nitrogens with two attached hydrogens (primary N) is 1. The number of halogens is 4. The van der Waals surface area contributed by atoms with Gasteiger partial charge in [-0.2, -0.15) is 13.2 Å². The molecule has 0 radical (unpaired) electrons. The zero-order valence-electron chi connectivity index (χ0n) is 6.39. The molecule has 1 aromatic heterocycles. The topological polar surface area (TPSA) is 52.3 Å². The Morgan fingerprint density at radius 3 is 2.57 bits per heavy atom. The van der Waals surface area contributed by atoms with Crippen LogP contribution in [0.15, 0.2) is 5.38 Å². The molecule has 0 aromatic carbocycles. The van der Waals surface area contributed by atoms with Crippen LogP contribution in [0.4, 0.5) is 18.0 Å². The lowest BCUT2D eigenvalue weighted by Gasteiger charge is -2.06. The van der Waals surface area contributed by atoms with Gasteiger partial charge in [0, 0.05) is 5.38 Å². The zero-order chi connectivity index (χ0) is 10.9. The lowest BCUT2D eigenvalue weighted by molar-refractivity contribution is -0.138. The third kappa shape index (κ3) is 2.30. The number of rotatable bonds is 1. The summed E-state index contributed by atoms with van der Waals surface area (Å²) >= 11 is 5.99. The fourth-order valence-corrected chi connectivity index (χ4v) is 1.71. The van der Waals surface area contributed by atoms with E-state index in [1.165, 1.54) is 0 Å². The van der Waals surface area contributed by atoms with Gasteiger partial charge in [0.2, 0.25) is 0 Å². The van der Waals surface area contributed by atoms with Gasteiger partial charge in [0.15, 0.2) is 5.75 Å². The molecule has 1 amide bonds. The van der Waals surface area contributed by atoms with E-state index in [1.807, 2.05) is 0 Å². The Labute approximate surface area is 85.2 Å². The first-order chi connectivity index (χ1) is 6.32. The summed E-state index contributed by atoms with van der Waals surface area (Å²) in [5.41, 5.74) is 3.48. The van der Waals surface area contributed by atoms with Crippen LogP contribution < -0.4 is 10.5 Å². The van der Waals surface area contributed by atoms with Gasteiger partial charge in [0.25, 0.3) is 0 Å². The molecule has 1 rings (SSSR count). The highest BCUT2D eigenvalue weighted by Gasteiger charge is 2.37. The van der Waals surface area contributed by atoms with E-state index in [0.717, 1.165) is 5.38 Å². The van der Waals surface area contributed by atoms with Crippen LogP contribution >= 0.6 is 22.9 Å². The summed E-state index contributed by atoms with van der Waals surface area (Å²) in [5.74, 6) is -0.739. The van der Waals surface area contributed by atoms with Gasteiger partial charge in [-0.15, -0.1) is 11.3 Å². The number of primary amides is 1. The van der Waals surface area contributed by atoms with E-state index in [1.54, 1.807) is 0 Å². The second kappa shape index (κ2) is 3.66. The zero-order valence-corrected chi connectivity index (χ0v) is 7.96. The molecule has 0 aliphatic heterocycles. The monoisotopic (exact) mass is 245 g/mol. The van der Waals surface area contributed by atoms with Gasteiger partial charge >= 0.3 is 12.3 Å². The fraction of sp³-hybridized carbons (Fsp3) is 0.167. The molecule has 3 nitrogen and oxygen atoms in total. The molecule has 1 heterocycles. The fourth-order valence-electron chi connectivity index (χ4n) is 0.715. The minimum atomic E-state index is -4.62. The molecular weight excluding hydrogens is 243 g/mol. The van der Waals surface area contributed by atoms with Crippen LogP contribution in [0.25, 0.3) is 0 Å². The number of carbonyl (C=O) groups excluding carboxylic acids is 1. The molecule has 0 aliphatic carbocycles. The third-order valence-corrected chi connectivity index (χ3v) is 2.40. The molecule has 14 heavy (non-hydrogen) atoms. The Kier molecular flexibility index (Phi) is 2.91. The highest BCUT2D eigenvalue weighted by molar-refractivity contribution is 7.15. The number of ether oxygens (including phenoxy) is 1. The van der Waals surface area contributed by atoms with Crippen molar-refractivity contribution in [3.63, 3.8) is 0 Å². The number of thiophene rings is 1. The van der Waals surface area contributed by atoms with Crippen LogP contribution in [0.1, 0.15) is 5.56 Å². The van der Waals surface area contributed by atoms with Crippen molar-refractivity contribution in [1.29, 1.82) is 0 Å². The first-order valence-electron chi connectivity index (χ1n) is 3.14. The Morgan fingerprint density at radius 1 is 1.57 bits per heavy atom. The van der Waals surface area contributed by atoms with E-state index < -0.39 is 23.6 Å². The van der Waals surface area contributed by atoms with Crippen molar-refractivity contribution in [1.82, 2.24) is 0 Å². The summed E-state index contributed by atoms with van der Waals surface area (Å²) in [6.07, 6.45) is -5.95. The molecule has 0 aliphatic rings. The van der Waals surface area contributed by atoms with Gasteiger partial charge in [-0.3, -0.25) is 0 Å². The third-order valence-electron chi connectivity index (χ3n) is 1.21. The maximum atomic E-state index is 12.2. The van der Waals surface area contributed by atoms with Crippen molar-refractivity contribution in [2.75, 3.05) is 0 Å². The summed E-state index contributed by atoms with van der Waals surface area (Å²) in [4.78, 5) is 10.3. The van der Waals surface area contributed by atoms with Crippen LogP contribution in [0.2, 0.25) is 4.34 Å². The van der Waals surface area contributed by atoms with Crippen LogP contribution in [0, 0.1) is 0 Å². The molecular formula is C6H3ClF3NO2S. The second-order valence-corrected chi connectivity index (χ2v) is 3.65. The van der Waals surface area contributed by atoms with Crippen LogP contribution in [0.3, 0.4) is 0 Å². The number of carbonyl (C=O) groups is 1. The van der Waals surface area contributed by atoms with Crippen molar-refractivity contribution in [2.24, 2.45) is 5.73 Å². The maximum Gasteiger partial charge on any atom is 0.420 e. The smallest absolute Gasteiger partial charge is 0.407 e. The van der Waals surface area contributed by atoms with E-state index in [2.05, 4.69) is 10.5 Å². The van der Waals surface area contributed by atoms with E-state index in [4.69, 9.17) is 11.6 Å². The lowest BCUT2D eigenvalue weighted by Crippen LogP contribution is -2.18. The van der Waals surface area contributed by atoms with Crippen LogP contribution in [0.5, 0.6) is 5.75 Å². The largest absolute Gasteiger partial charge is 0.420 e. The molecule has 8 heteroatoms. The minimum Gasteiger partial charge on any atom is -0.407 e. The normalized spacial score (nSPS) is 11.4. The van der Waals surface area contributed by atoms with Gasteiger partial charge in [-0.25, -0.2) is 4.79 Å². The molecule has 0 spiro atoms. The molecule has 0 bridgehead atoms. The first-order valence-corrected chi connectivity index (χ1v) is 4.39. The Hall–Kier alpha value is -0.950.